The third-order valence-electron chi connectivity index (χ3n) is 3.50. The van der Waals surface area contributed by atoms with Crippen molar-refractivity contribution < 1.29 is 4.79 Å². The molecule has 6 heteroatoms. The van der Waals surface area contributed by atoms with Crippen molar-refractivity contribution in [3.63, 3.8) is 0 Å². The smallest absolute Gasteiger partial charge is 0.317 e. The Morgan fingerprint density at radius 1 is 1.24 bits per heavy atom. The summed E-state index contributed by atoms with van der Waals surface area (Å²) in [5.74, 6) is 0.459. The first kappa shape index (κ1) is 16.2. The van der Waals surface area contributed by atoms with E-state index < -0.39 is 0 Å². The van der Waals surface area contributed by atoms with Crippen LogP contribution in [0.3, 0.4) is 0 Å². The van der Waals surface area contributed by atoms with Crippen molar-refractivity contribution in [1.29, 1.82) is 0 Å². The molecule has 0 saturated carbocycles. The van der Waals surface area contributed by atoms with E-state index in [0.29, 0.717) is 35.6 Å². The zero-order valence-corrected chi connectivity index (χ0v) is 13.9. The van der Waals surface area contributed by atoms with Gasteiger partial charge in [-0.1, -0.05) is 43.1 Å². The van der Waals surface area contributed by atoms with Crippen molar-refractivity contribution in [2.24, 2.45) is 5.92 Å². The molecule has 1 N–H and O–H groups in total. The largest absolute Gasteiger partial charge is 0.367 e. The monoisotopic (exact) mass is 329 g/mol. The average molecular weight is 330 g/mol. The minimum Gasteiger partial charge on any atom is -0.367 e. The molecule has 2 amide bonds. The molecule has 1 aromatic carbocycles. The molecule has 0 unspecified atom stereocenters. The molecule has 1 fully saturated rings. The number of nitrogens with zero attached hydrogens (tertiary/aromatic N) is 2. The molecule has 0 radical (unpaired) electrons. The van der Waals surface area contributed by atoms with Gasteiger partial charge in [0.05, 0.1) is 15.7 Å². The van der Waals surface area contributed by atoms with Gasteiger partial charge in [0.2, 0.25) is 0 Å². The van der Waals surface area contributed by atoms with E-state index >= 15 is 0 Å². The van der Waals surface area contributed by atoms with Crippen LogP contribution in [0.1, 0.15) is 13.8 Å². The van der Waals surface area contributed by atoms with Crippen LogP contribution in [0.15, 0.2) is 18.2 Å². The Morgan fingerprint density at radius 2 is 1.90 bits per heavy atom. The lowest BCUT2D eigenvalue weighted by Gasteiger charge is -2.36. The number of nitrogens with one attached hydrogen (secondary N) is 1. The lowest BCUT2D eigenvalue weighted by atomic mass is 10.2. The van der Waals surface area contributed by atoms with Gasteiger partial charge in [0.15, 0.2) is 0 Å². The fraction of sp³-hybridized carbons (Fsp3) is 0.533. The van der Waals surface area contributed by atoms with Crippen molar-refractivity contribution in [2.75, 3.05) is 37.6 Å². The summed E-state index contributed by atoms with van der Waals surface area (Å²) in [4.78, 5) is 16.0. The number of hydrogen-bond acceptors (Lipinski definition) is 2. The van der Waals surface area contributed by atoms with Crippen LogP contribution in [0.25, 0.3) is 0 Å². The maximum Gasteiger partial charge on any atom is 0.317 e. The number of piperazine rings is 1. The minimum absolute atomic E-state index is 0.0144. The Kier molecular flexibility index (Phi) is 5.59. The number of anilines is 1. The summed E-state index contributed by atoms with van der Waals surface area (Å²) < 4.78 is 0. The summed E-state index contributed by atoms with van der Waals surface area (Å²) in [5, 5.41) is 4.09. The van der Waals surface area contributed by atoms with Gasteiger partial charge in [-0.15, -0.1) is 0 Å². The zero-order chi connectivity index (χ0) is 15.4. The zero-order valence-electron chi connectivity index (χ0n) is 12.4. The van der Waals surface area contributed by atoms with Gasteiger partial charge in [0, 0.05) is 32.7 Å². The molecule has 116 valence electrons. The second-order valence-corrected chi connectivity index (χ2v) is 6.41. The van der Waals surface area contributed by atoms with Crippen LogP contribution in [0.5, 0.6) is 0 Å². The highest BCUT2D eigenvalue weighted by Gasteiger charge is 2.22. The standard InChI is InChI=1S/C15H21Cl2N3O/c1-11(2)10-18-15(21)20-8-6-19(7-9-20)13-5-3-4-12(16)14(13)17/h3-5,11H,6-10H2,1-2H3,(H,18,21). The van der Waals surface area contributed by atoms with Crippen LogP contribution in [0.4, 0.5) is 10.5 Å². The van der Waals surface area contributed by atoms with E-state index in [1.54, 1.807) is 6.07 Å². The summed E-state index contributed by atoms with van der Waals surface area (Å²) >= 11 is 12.3. The van der Waals surface area contributed by atoms with Crippen molar-refractivity contribution in [2.45, 2.75) is 13.8 Å². The van der Waals surface area contributed by atoms with Gasteiger partial charge >= 0.3 is 6.03 Å². The fourth-order valence-corrected chi connectivity index (χ4v) is 2.71. The lowest BCUT2D eigenvalue weighted by molar-refractivity contribution is 0.193. The van der Waals surface area contributed by atoms with Crippen molar-refractivity contribution in [3.8, 4) is 0 Å². The molecule has 0 aromatic heterocycles. The van der Waals surface area contributed by atoms with E-state index in [2.05, 4.69) is 24.1 Å². The van der Waals surface area contributed by atoms with E-state index in [9.17, 15) is 4.79 Å². The second-order valence-electron chi connectivity index (χ2n) is 5.63. The summed E-state index contributed by atoms with van der Waals surface area (Å²) in [6, 6.07) is 5.65. The Bertz CT molecular complexity index is 500. The number of amides is 2. The molecule has 1 saturated heterocycles. The van der Waals surface area contributed by atoms with Crippen LogP contribution in [-0.4, -0.2) is 43.7 Å². The Hall–Kier alpha value is -1.13. The van der Waals surface area contributed by atoms with Gasteiger partial charge in [0.1, 0.15) is 0 Å². The third kappa shape index (κ3) is 4.17. The first-order chi connectivity index (χ1) is 9.99. The molecule has 2 rings (SSSR count). The molecule has 1 heterocycles. The van der Waals surface area contributed by atoms with Crippen molar-refractivity contribution in [1.82, 2.24) is 10.2 Å². The van der Waals surface area contributed by atoms with Gasteiger partial charge < -0.3 is 15.1 Å². The molecule has 0 aliphatic carbocycles. The maximum atomic E-state index is 12.0. The van der Waals surface area contributed by atoms with E-state index in [-0.39, 0.29) is 6.03 Å². The number of rotatable bonds is 3. The Balaban J connectivity index is 1.91. The van der Waals surface area contributed by atoms with E-state index in [1.807, 2.05) is 17.0 Å². The highest BCUT2D eigenvalue weighted by molar-refractivity contribution is 6.43. The number of benzene rings is 1. The minimum atomic E-state index is 0.0144. The molecule has 1 aromatic rings. The van der Waals surface area contributed by atoms with E-state index in [0.717, 1.165) is 18.8 Å². The van der Waals surface area contributed by atoms with Crippen LogP contribution in [0.2, 0.25) is 10.0 Å². The summed E-state index contributed by atoms with van der Waals surface area (Å²) in [6.45, 7) is 7.77. The predicted molar refractivity (Wildman–Crippen MR) is 88.5 cm³/mol. The number of carbonyl (C=O) groups excluding carboxylic acids is 1. The Labute approximate surface area is 136 Å². The fourth-order valence-electron chi connectivity index (χ4n) is 2.29. The normalized spacial score (nSPS) is 15.5. The quantitative estimate of drug-likeness (QED) is 0.921. The molecular formula is C15H21Cl2N3O. The molecule has 4 nitrogen and oxygen atoms in total. The number of urea groups is 1. The number of halogens is 2. The van der Waals surface area contributed by atoms with Crippen LogP contribution < -0.4 is 10.2 Å². The van der Waals surface area contributed by atoms with Gasteiger partial charge in [-0.25, -0.2) is 4.79 Å². The number of hydrogen-bond donors (Lipinski definition) is 1. The summed E-state index contributed by atoms with van der Waals surface area (Å²) in [7, 11) is 0. The molecule has 1 aliphatic rings. The van der Waals surface area contributed by atoms with Gasteiger partial charge in [0.25, 0.3) is 0 Å². The van der Waals surface area contributed by atoms with Gasteiger partial charge in [-0.2, -0.15) is 0 Å². The SMILES string of the molecule is CC(C)CNC(=O)N1CCN(c2cccc(Cl)c2Cl)CC1. The number of carbonyl (C=O) groups is 1. The Morgan fingerprint density at radius 3 is 2.52 bits per heavy atom. The summed E-state index contributed by atoms with van der Waals surface area (Å²) in [6.07, 6.45) is 0. The topological polar surface area (TPSA) is 35.6 Å². The van der Waals surface area contributed by atoms with Crippen LogP contribution in [0, 0.1) is 5.92 Å². The van der Waals surface area contributed by atoms with Gasteiger partial charge in [-0.3, -0.25) is 0 Å². The third-order valence-corrected chi connectivity index (χ3v) is 4.31. The lowest BCUT2D eigenvalue weighted by Crippen LogP contribution is -2.52. The highest BCUT2D eigenvalue weighted by Crippen LogP contribution is 2.32. The molecule has 0 bridgehead atoms. The van der Waals surface area contributed by atoms with Crippen molar-refractivity contribution >= 4 is 34.9 Å². The second kappa shape index (κ2) is 7.23. The van der Waals surface area contributed by atoms with Crippen molar-refractivity contribution in [3.05, 3.63) is 28.2 Å². The summed E-state index contributed by atoms with van der Waals surface area (Å²) in [5.41, 5.74) is 0.936. The van der Waals surface area contributed by atoms with Gasteiger partial charge in [-0.05, 0) is 18.1 Å². The maximum absolute atomic E-state index is 12.0. The van der Waals surface area contributed by atoms with E-state index in [1.165, 1.54) is 0 Å². The first-order valence-corrected chi connectivity index (χ1v) is 7.96. The predicted octanol–water partition coefficient (Wildman–Crippen LogP) is 3.48. The van der Waals surface area contributed by atoms with Crippen LogP contribution >= 0.6 is 23.2 Å². The molecule has 21 heavy (non-hydrogen) atoms. The molecule has 0 atom stereocenters. The first-order valence-electron chi connectivity index (χ1n) is 7.20. The van der Waals surface area contributed by atoms with E-state index in [4.69, 9.17) is 23.2 Å². The average Bonchev–Trinajstić information content (AvgIpc) is 2.48. The molecule has 0 spiro atoms. The molecule has 1 aliphatic heterocycles. The highest BCUT2D eigenvalue weighted by atomic mass is 35.5. The van der Waals surface area contributed by atoms with Crippen LogP contribution in [-0.2, 0) is 0 Å². The molecular weight excluding hydrogens is 309 g/mol.